The van der Waals surface area contributed by atoms with E-state index in [0.717, 1.165) is 34.3 Å². The first-order valence-electron chi connectivity index (χ1n) is 10.5. The summed E-state index contributed by atoms with van der Waals surface area (Å²) in [5.41, 5.74) is 3.70. The summed E-state index contributed by atoms with van der Waals surface area (Å²) in [6.45, 7) is 5.27. The van der Waals surface area contributed by atoms with E-state index in [1.165, 1.54) is 29.5 Å². The van der Waals surface area contributed by atoms with Crippen LogP contribution in [0.2, 0.25) is 0 Å². The fourth-order valence-electron chi connectivity index (χ4n) is 3.60. The number of nitrogens with zero attached hydrogens (tertiary/aromatic N) is 5. The number of hydrogen-bond acceptors (Lipinski definition) is 6. The minimum atomic E-state index is -0.451. The fraction of sp³-hybridized carbons (Fsp3) is 0.208. The number of nitro groups is 1. The van der Waals surface area contributed by atoms with Gasteiger partial charge in [-0.2, -0.15) is 0 Å². The van der Waals surface area contributed by atoms with Gasteiger partial charge in [0.15, 0.2) is 5.13 Å². The molecule has 8 nitrogen and oxygen atoms in total. The Labute approximate surface area is 207 Å². The number of aryl methyl sites for hydroxylation is 3. The van der Waals surface area contributed by atoms with Crippen molar-refractivity contribution in [2.75, 3.05) is 11.4 Å². The van der Waals surface area contributed by atoms with E-state index in [9.17, 15) is 14.9 Å². The normalized spacial score (nSPS) is 11.0. The molecule has 34 heavy (non-hydrogen) atoms. The highest BCUT2D eigenvalue weighted by molar-refractivity contribution is 7.22. The van der Waals surface area contributed by atoms with Gasteiger partial charge >= 0.3 is 0 Å². The first-order chi connectivity index (χ1) is 15.9. The van der Waals surface area contributed by atoms with E-state index in [-0.39, 0.29) is 24.0 Å². The summed E-state index contributed by atoms with van der Waals surface area (Å²) >= 11 is 1.49. The van der Waals surface area contributed by atoms with E-state index in [0.29, 0.717) is 17.2 Å². The van der Waals surface area contributed by atoms with Crippen molar-refractivity contribution < 1.29 is 9.72 Å². The van der Waals surface area contributed by atoms with Crippen LogP contribution in [0.25, 0.3) is 16.3 Å². The fourth-order valence-corrected chi connectivity index (χ4v) is 4.78. The maximum Gasteiger partial charge on any atom is 0.270 e. The molecule has 0 atom stereocenters. The number of fused-ring (bicyclic) bond motifs is 1. The highest BCUT2D eigenvalue weighted by Gasteiger charge is 2.19. The average Bonchev–Trinajstić information content (AvgIpc) is 3.45. The van der Waals surface area contributed by atoms with Crippen LogP contribution in [0, 0.1) is 24.0 Å². The summed E-state index contributed by atoms with van der Waals surface area (Å²) < 4.78 is 3.01. The van der Waals surface area contributed by atoms with Crippen LogP contribution < -0.4 is 4.90 Å². The smallest absolute Gasteiger partial charge is 0.270 e. The summed E-state index contributed by atoms with van der Waals surface area (Å²) in [6, 6.07) is 10.4. The van der Waals surface area contributed by atoms with Crippen molar-refractivity contribution in [3.8, 4) is 0 Å². The Bertz CT molecular complexity index is 1330. The second-order valence-electron chi connectivity index (χ2n) is 7.75. The van der Waals surface area contributed by atoms with Crippen LogP contribution in [-0.4, -0.2) is 31.9 Å². The molecule has 1 amide bonds. The largest absolute Gasteiger partial charge is 0.337 e. The predicted octanol–water partition coefficient (Wildman–Crippen LogP) is 5.58. The molecule has 0 fully saturated rings. The Morgan fingerprint density at radius 3 is 2.82 bits per heavy atom. The van der Waals surface area contributed by atoms with Gasteiger partial charge in [0.1, 0.15) is 0 Å². The van der Waals surface area contributed by atoms with Crippen molar-refractivity contribution in [1.82, 2.24) is 14.5 Å². The van der Waals surface area contributed by atoms with Crippen LogP contribution in [0.4, 0.5) is 10.8 Å². The Hall–Kier alpha value is -3.56. The highest BCUT2D eigenvalue weighted by Crippen LogP contribution is 2.32. The zero-order valence-electron chi connectivity index (χ0n) is 18.7. The first-order valence-corrected chi connectivity index (χ1v) is 11.3. The average molecular weight is 498 g/mol. The number of nitro benzene ring substituents is 1. The van der Waals surface area contributed by atoms with Crippen molar-refractivity contribution in [2.24, 2.45) is 0 Å². The van der Waals surface area contributed by atoms with E-state index in [1.54, 1.807) is 35.6 Å². The molecular formula is C24H24ClN5O3S. The molecule has 0 unspecified atom stereocenters. The molecule has 0 spiro atoms. The standard InChI is InChI=1S/C24H23N5O3S.ClH/c1-17-13-18(2)23-21(14-17)33-24(26-23)28(11-4-10-27-12-9-25-16-27)22(30)8-7-19-5-3-6-20(15-19)29(31)32;/h3,5-9,12-16H,4,10-11H2,1-2H3;1H/b8-7+;. The number of anilines is 1. The lowest BCUT2D eigenvalue weighted by molar-refractivity contribution is -0.384. The molecule has 4 rings (SSSR count). The minimum Gasteiger partial charge on any atom is -0.337 e. The van der Waals surface area contributed by atoms with E-state index in [4.69, 9.17) is 4.98 Å². The molecule has 4 aromatic rings. The molecule has 176 valence electrons. The van der Waals surface area contributed by atoms with Crippen LogP contribution in [-0.2, 0) is 11.3 Å². The van der Waals surface area contributed by atoms with Gasteiger partial charge in [-0.05, 0) is 49.1 Å². The van der Waals surface area contributed by atoms with Gasteiger partial charge in [0, 0.05) is 43.7 Å². The van der Waals surface area contributed by atoms with E-state index in [1.807, 2.05) is 24.6 Å². The zero-order valence-corrected chi connectivity index (χ0v) is 20.4. The molecule has 2 heterocycles. The Morgan fingerprint density at radius 2 is 2.09 bits per heavy atom. The van der Waals surface area contributed by atoms with Gasteiger partial charge in [0.25, 0.3) is 11.6 Å². The number of carbonyl (C=O) groups is 1. The quantitative estimate of drug-likeness (QED) is 0.180. The summed E-state index contributed by atoms with van der Waals surface area (Å²) in [6.07, 6.45) is 9.13. The summed E-state index contributed by atoms with van der Waals surface area (Å²) in [5, 5.41) is 11.7. The second kappa shape index (κ2) is 11.0. The molecular weight excluding hydrogens is 474 g/mol. The number of thiazole rings is 1. The van der Waals surface area contributed by atoms with Crippen LogP contribution in [0.5, 0.6) is 0 Å². The third kappa shape index (κ3) is 5.86. The number of rotatable bonds is 8. The van der Waals surface area contributed by atoms with Gasteiger partial charge in [-0.1, -0.05) is 29.5 Å². The molecule has 0 radical (unpaired) electrons. The zero-order chi connectivity index (χ0) is 23.4. The lowest BCUT2D eigenvalue weighted by atomic mass is 10.1. The van der Waals surface area contributed by atoms with Crippen molar-refractivity contribution in [1.29, 1.82) is 0 Å². The first kappa shape index (κ1) is 25.1. The molecule has 0 aliphatic heterocycles. The predicted molar refractivity (Wildman–Crippen MR) is 138 cm³/mol. The molecule has 0 aliphatic rings. The Balaban J connectivity index is 0.00000324. The van der Waals surface area contributed by atoms with Crippen LogP contribution >= 0.6 is 23.7 Å². The SMILES string of the molecule is Cc1cc(C)c2nc(N(CCCn3ccnc3)C(=O)/C=C/c3cccc([N+](=O)[O-])c3)sc2c1.Cl. The number of halogens is 1. The maximum absolute atomic E-state index is 13.2. The monoisotopic (exact) mass is 497 g/mol. The lowest BCUT2D eigenvalue weighted by Crippen LogP contribution is -2.30. The van der Waals surface area contributed by atoms with Crippen molar-refractivity contribution in [3.05, 3.63) is 88.0 Å². The summed E-state index contributed by atoms with van der Waals surface area (Å²) in [7, 11) is 0. The van der Waals surface area contributed by atoms with Crippen molar-refractivity contribution in [3.63, 3.8) is 0 Å². The van der Waals surface area contributed by atoms with Crippen LogP contribution in [0.15, 0.2) is 61.2 Å². The van der Waals surface area contributed by atoms with Gasteiger partial charge in [-0.25, -0.2) is 9.97 Å². The number of benzene rings is 2. The number of hydrogen-bond donors (Lipinski definition) is 0. The van der Waals surface area contributed by atoms with Crippen LogP contribution in [0.1, 0.15) is 23.1 Å². The summed E-state index contributed by atoms with van der Waals surface area (Å²) in [5.74, 6) is -0.222. The molecule has 0 aliphatic carbocycles. The van der Waals surface area contributed by atoms with Gasteiger partial charge in [0.2, 0.25) is 0 Å². The Kier molecular flexibility index (Phi) is 8.14. The number of non-ortho nitro benzene ring substituents is 1. The van der Waals surface area contributed by atoms with Crippen LogP contribution in [0.3, 0.4) is 0 Å². The molecule has 2 aromatic heterocycles. The molecule has 0 N–H and O–H groups in total. The van der Waals surface area contributed by atoms with E-state index >= 15 is 0 Å². The van der Waals surface area contributed by atoms with E-state index in [2.05, 4.69) is 17.1 Å². The summed E-state index contributed by atoms with van der Waals surface area (Å²) in [4.78, 5) is 34.3. The number of imidazole rings is 1. The Morgan fingerprint density at radius 1 is 1.26 bits per heavy atom. The molecule has 0 saturated heterocycles. The highest BCUT2D eigenvalue weighted by atomic mass is 35.5. The molecule has 2 aromatic carbocycles. The maximum atomic E-state index is 13.2. The number of aromatic nitrogens is 3. The van der Waals surface area contributed by atoms with Gasteiger partial charge in [-0.3, -0.25) is 19.8 Å². The third-order valence-corrected chi connectivity index (χ3v) is 6.20. The van der Waals surface area contributed by atoms with Gasteiger partial charge < -0.3 is 4.57 Å². The third-order valence-electron chi connectivity index (χ3n) is 5.17. The topological polar surface area (TPSA) is 94.2 Å². The van der Waals surface area contributed by atoms with Gasteiger partial charge in [-0.15, -0.1) is 12.4 Å². The molecule has 10 heteroatoms. The second-order valence-corrected chi connectivity index (χ2v) is 8.76. The van der Waals surface area contributed by atoms with Crippen molar-refractivity contribution in [2.45, 2.75) is 26.8 Å². The molecule has 0 bridgehead atoms. The minimum absolute atomic E-state index is 0. The number of amides is 1. The lowest BCUT2D eigenvalue weighted by Gasteiger charge is -2.18. The number of carbonyl (C=O) groups excluding carboxylic acids is 1. The molecule has 0 saturated carbocycles. The van der Waals surface area contributed by atoms with Crippen molar-refractivity contribution >= 4 is 56.8 Å². The van der Waals surface area contributed by atoms with Gasteiger partial charge in [0.05, 0.1) is 21.5 Å². The van der Waals surface area contributed by atoms with E-state index < -0.39 is 4.92 Å².